The van der Waals surface area contributed by atoms with Crippen LogP contribution >= 0.6 is 12.2 Å². The number of sulfonamides is 1. The third-order valence-corrected chi connectivity index (χ3v) is 5.00. The molecule has 1 aromatic rings. The Morgan fingerprint density at radius 3 is 2.45 bits per heavy atom. The first-order valence-corrected chi connectivity index (χ1v) is 9.60. The zero-order valence-electron chi connectivity index (χ0n) is 11.2. The van der Waals surface area contributed by atoms with Crippen molar-refractivity contribution in [3.8, 4) is 0 Å². The van der Waals surface area contributed by atoms with E-state index in [2.05, 4.69) is 4.72 Å². The van der Waals surface area contributed by atoms with E-state index < -0.39 is 20.8 Å². The standard InChI is InChI=1S/C12H18N2O3S3/c1-19(15)8-2-7-14-20(16,17)11-5-3-10(4-6-11)9-12(13)18/h3-6,14H,2,7-9H2,1H3,(H2,13,18). The Morgan fingerprint density at radius 1 is 1.35 bits per heavy atom. The van der Waals surface area contributed by atoms with Crippen LogP contribution in [0.25, 0.3) is 0 Å². The van der Waals surface area contributed by atoms with E-state index in [4.69, 9.17) is 18.0 Å². The SMILES string of the molecule is CS(=O)CCCNS(=O)(=O)c1ccc(CC(N)=S)cc1. The van der Waals surface area contributed by atoms with Gasteiger partial charge in [-0.2, -0.15) is 0 Å². The number of hydrogen-bond donors (Lipinski definition) is 2. The summed E-state index contributed by atoms with van der Waals surface area (Å²) in [6, 6.07) is 6.42. The molecule has 0 aliphatic heterocycles. The molecule has 0 amide bonds. The molecular formula is C12H18N2O3S3. The van der Waals surface area contributed by atoms with Gasteiger partial charge >= 0.3 is 0 Å². The van der Waals surface area contributed by atoms with Crippen molar-refractivity contribution in [3.63, 3.8) is 0 Å². The van der Waals surface area contributed by atoms with Crippen LogP contribution < -0.4 is 10.5 Å². The first kappa shape index (κ1) is 17.2. The summed E-state index contributed by atoms with van der Waals surface area (Å²) in [4.78, 5) is 0.563. The van der Waals surface area contributed by atoms with Gasteiger partial charge in [0, 0.05) is 35.8 Å². The van der Waals surface area contributed by atoms with Crippen molar-refractivity contribution < 1.29 is 12.6 Å². The van der Waals surface area contributed by atoms with Gasteiger partial charge in [-0.1, -0.05) is 24.4 Å². The lowest BCUT2D eigenvalue weighted by Gasteiger charge is -2.07. The molecule has 0 heterocycles. The van der Waals surface area contributed by atoms with Crippen LogP contribution in [0.3, 0.4) is 0 Å². The maximum absolute atomic E-state index is 12.0. The van der Waals surface area contributed by atoms with Gasteiger partial charge in [-0.3, -0.25) is 4.21 Å². The van der Waals surface area contributed by atoms with Gasteiger partial charge in [0.15, 0.2) is 0 Å². The maximum Gasteiger partial charge on any atom is 0.240 e. The predicted octanol–water partition coefficient (Wildman–Crippen LogP) is 0.562. The second-order valence-corrected chi connectivity index (χ2v) is 8.16. The first-order chi connectivity index (χ1) is 9.31. The van der Waals surface area contributed by atoms with Gasteiger partial charge in [0.1, 0.15) is 0 Å². The smallest absolute Gasteiger partial charge is 0.240 e. The van der Waals surface area contributed by atoms with E-state index in [1.807, 2.05) is 0 Å². The molecule has 1 atom stereocenters. The van der Waals surface area contributed by atoms with E-state index in [-0.39, 0.29) is 11.4 Å². The molecular weight excluding hydrogens is 316 g/mol. The highest BCUT2D eigenvalue weighted by Crippen LogP contribution is 2.11. The molecule has 20 heavy (non-hydrogen) atoms. The summed E-state index contributed by atoms with van der Waals surface area (Å²) in [6.07, 6.45) is 2.59. The van der Waals surface area contributed by atoms with Gasteiger partial charge in [-0.25, -0.2) is 13.1 Å². The van der Waals surface area contributed by atoms with Gasteiger partial charge < -0.3 is 5.73 Å². The summed E-state index contributed by atoms with van der Waals surface area (Å²) in [5.74, 6) is 0.482. The van der Waals surface area contributed by atoms with Crippen molar-refractivity contribution in [3.05, 3.63) is 29.8 Å². The second kappa shape index (κ2) is 7.82. The third-order valence-electron chi connectivity index (χ3n) is 2.51. The topological polar surface area (TPSA) is 89.3 Å². The van der Waals surface area contributed by atoms with Crippen molar-refractivity contribution in [2.45, 2.75) is 17.7 Å². The minimum atomic E-state index is -3.52. The molecule has 8 heteroatoms. The summed E-state index contributed by atoms with van der Waals surface area (Å²) in [6.45, 7) is 0.274. The molecule has 112 valence electrons. The average molecular weight is 334 g/mol. The zero-order chi connectivity index (χ0) is 15.2. The minimum absolute atomic E-state index is 0.196. The van der Waals surface area contributed by atoms with Gasteiger partial charge in [0.25, 0.3) is 0 Å². The molecule has 0 aliphatic rings. The molecule has 0 aromatic heterocycles. The molecule has 0 fully saturated rings. The van der Waals surface area contributed by atoms with Crippen molar-refractivity contribution >= 4 is 38.0 Å². The highest BCUT2D eigenvalue weighted by atomic mass is 32.2. The van der Waals surface area contributed by atoms with Crippen LogP contribution in [-0.4, -0.2) is 36.2 Å². The fourth-order valence-corrected chi connectivity index (χ4v) is 3.34. The van der Waals surface area contributed by atoms with Crippen molar-refractivity contribution in [1.82, 2.24) is 4.72 Å². The van der Waals surface area contributed by atoms with E-state index in [1.54, 1.807) is 18.4 Å². The van der Waals surface area contributed by atoms with Crippen LogP contribution in [0.2, 0.25) is 0 Å². The van der Waals surface area contributed by atoms with Gasteiger partial charge in [-0.15, -0.1) is 0 Å². The van der Waals surface area contributed by atoms with Crippen LogP contribution in [0.15, 0.2) is 29.2 Å². The molecule has 0 saturated heterocycles. The summed E-state index contributed by atoms with van der Waals surface area (Å²) in [7, 11) is -4.42. The monoisotopic (exact) mass is 334 g/mol. The molecule has 3 N–H and O–H groups in total. The average Bonchev–Trinajstić information content (AvgIpc) is 2.34. The van der Waals surface area contributed by atoms with Crippen LogP contribution in [0, 0.1) is 0 Å². The zero-order valence-corrected chi connectivity index (χ0v) is 13.6. The van der Waals surface area contributed by atoms with Crippen LogP contribution in [0.1, 0.15) is 12.0 Å². The first-order valence-electron chi connectivity index (χ1n) is 5.98. The molecule has 1 aromatic carbocycles. The maximum atomic E-state index is 12.0. The fourth-order valence-electron chi connectivity index (χ4n) is 1.55. The highest BCUT2D eigenvalue weighted by molar-refractivity contribution is 7.89. The lowest BCUT2D eigenvalue weighted by molar-refractivity contribution is 0.580. The van der Waals surface area contributed by atoms with E-state index in [1.165, 1.54) is 12.1 Å². The Balaban J connectivity index is 2.63. The molecule has 5 nitrogen and oxygen atoms in total. The molecule has 1 unspecified atom stereocenters. The lowest BCUT2D eigenvalue weighted by Crippen LogP contribution is -2.25. The number of thiocarbonyl (C=S) groups is 1. The molecule has 0 bridgehead atoms. The second-order valence-electron chi connectivity index (χ2n) is 4.32. The Hall–Kier alpha value is -0.830. The Bertz CT molecular complexity index is 582. The van der Waals surface area contributed by atoms with Crippen LogP contribution in [0.4, 0.5) is 0 Å². The number of nitrogens with one attached hydrogen (secondary N) is 1. The molecule has 0 saturated carbocycles. The van der Waals surface area contributed by atoms with Gasteiger partial charge in [0.2, 0.25) is 10.0 Å². The normalized spacial score (nSPS) is 13.1. The number of benzene rings is 1. The minimum Gasteiger partial charge on any atom is -0.393 e. The van der Waals surface area contributed by atoms with E-state index in [0.29, 0.717) is 23.6 Å². The predicted molar refractivity (Wildman–Crippen MR) is 85.7 cm³/mol. The Labute approximate surface area is 127 Å². The quantitative estimate of drug-likeness (QED) is 0.536. The third kappa shape index (κ3) is 6.08. The molecule has 0 spiro atoms. The summed E-state index contributed by atoms with van der Waals surface area (Å²) in [5, 5.41) is 0. The summed E-state index contributed by atoms with van der Waals surface area (Å²) in [5.41, 5.74) is 6.30. The van der Waals surface area contributed by atoms with Crippen LogP contribution in [0.5, 0.6) is 0 Å². The van der Waals surface area contributed by atoms with Crippen molar-refractivity contribution in [1.29, 1.82) is 0 Å². The largest absolute Gasteiger partial charge is 0.393 e. The molecule has 0 radical (unpaired) electrons. The fraction of sp³-hybridized carbons (Fsp3) is 0.417. The lowest BCUT2D eigenvalue weighted by atomic mass is 10.1. The number of rotatable bonds is 8. The Kier molecular flexibility index (Phi) is 6.74. The highest BCUT2D eigenvalue weighted by Gasteiger charge is 2.13. The van der Waals surface area contributed by atoms with E-state index >= 15 is 0 Å². The number of nitrogens with two attached hydrogens (primary N) is 1. The summed E-state index contributed by atoms with van der Waals surface area (Å²) >= 11 is 4.80. The van der Waals surface area contributed by atoms with E-state index in [9.17, 15) is 12.6 Å². The van der Waals surface area contributed by atoms with Gasteiger partial charge in [0.05, 0.1) is 9.88 Å². The van der Waals surface area contributed by atoms with E-state index in [0.717, 1.165) is 5.56 Å². The molecule has 1 rings (SSSR count). The van der Waals surface area contributed by atoms with Crippen molar-refractivity contribution in [2.75, 3.05) is 18.6 Å². The molecule has 0 aliphatic carbocycles. The number of hydrogen-bond acceptors (Lipinski definition) is 4. The van der Waals surface area contributed by atoms with Crippen LogP contribution in [-0.2, 0) is 27.2 Å². The van der Waals surface area contributed by atoms with Gasteiger partial charge in [-0.05, 0) is 24.1 Å². The van der Waals surface area contributed by atoms with Crippen molar-refractivity contribution in [2.24, 2.45) is 5.73 Å². The summed E-state index contributed by atoms with van der Waals surface area (Å²) < 4.78 is 37.3. The Morgan fingerprint density at radius 2 is 1.95 bits per heavy atom.